The van der Waals surface area contributed by atoms with Crippen LogP contribution >= 0.6 is 0 Å². The van der Waals surface area contributed by atoms with E-state index in [0.717, 1.165) is 23.9 Å². The van der Waals surface area contributed by atoms with Gasteiger partial charge in [-0.25, -0.2) is 0 Å². The highest BCUT2D eigenvalue weighted by Gasteiger charge is 2.47. The highest BCUT2D eigenvalue weighted by Crippen LogP contribution is 2.38. The van der Waals surface area contributed by atoms with Gasteiger partial charge in [0.2, 0.25) is 0 Å². The fraction of sp³-hybridized carbons (Fsp3) is 1.00. The fourth-order valence-corrected chi connectivity index (χ4v) is 2.45. The molecule has 0 aromatic rings. The average molecular weight is 155 g/mol. The van der Waals surface area contributed by atoms with Gasteiger partial charge in [-0.1, -0.05) is 0 Å². The molecule has 0 spiro atoms. The number of hydrogen-bond acceptors (Lipinski definition) is 1. The van der Waals surface area contributed by atoms with Crippen molar-refractivity contribution in [3.63, 3.8) is 0 Å². The molecule has 2 aliphatic heterocycles. The van der Waals surface area contributed by atoms with Crippen LogP contribution in [0.3, 0.4) is 0 Å². The van der Waals surface area contributed by atoms with Gasteiger partial charge in [-0.15, -0.1) is 0 Å². The molecular formula is C9H19N2+. The quantitative estimate of drug-likeness (QED) is 0.566. The summed E-state index contributed by atoms with van der Waals surface area (Å²) in [5.41, 5.74) is 4.20. The third kappa shape index (κ3) is 1.09. The SMILES string of the molecule is CC(C)N1CC2CC(C1)C2[NH3+]. The van der Waals surface area contributed by atoms with Crippen LogP contribution in [0.4, 0.5) is 0 Å². The first-order chi connectivity index (χ1) is 5.18. The van der Waals surface area contributed by atoms with E-state index in [1.165, 1.54) is 19.5 Å². The normalized spacial score (nSPS) is 44.2. The maximum Gasteiger partial charge on any atom is 0.0925 e. The van der Waals surface area contributed by atoms with Gasteiger partial charge in [-0.3, -0.25) is 4.90 Å². The van der Waals surface area contributed by atoms with Gasteiger partial charge < -0.3 is 5.73 Å². The Labute approximate surface area is 68.7 Å². The van der Waals surface area contributed by atoms with E-state index in [-0.39, 0.29) is 0 Å². The second-order valence-electron chi connectivity index (χ2n) is 4.47. The standard InChI is InChI=1S/C9H18N2/c1-6(2)11-4-7-3-8(5-11)9(7)10/h6-9H,3-5,10H2,1-2H3/p+1. The molecule has 2 bridgehead atoms. The molecule has 2 heterocycles. The molecule has 2 atom stereocenters. The van der Waals surface area contributed by atoms with Crippen molar-refractivity contribution in [1.29, 1.82) is 0 Å². The molecule has 3 rings (SSSR count). The molecular weight excluding hydrogens is 136 g/mol. The predicted molar refractivity (Wildman–Crippen MR) is 45.0 cm³/mol. The van der Waals surface area contributed by atoms with E-state index in [4.69, 9.17) is 0 Å². The van der Waals surface area contributed by atoms with Gasteiger partial charge in [0.05, 0.1) is 6.04 Å². The van der Waals surface area contributed by atoms with E-state index in [1.54, 1.807) is 0 Å². The van der Waals surface area contributed by atoms with Gasteiger partial charge in [0.25, 0.3) is 0 Å². The van der Waals surface area contributed by atoms with Gasteiger partial charge in [0, 0.05) is 31.0 Å². The minimum atomic E-state index is 0.743. The minimum Gasteiger partial charge on any atom is -0.355 e. The molecule has 2 nitrogen and oxygen atoms in total. The maximum atomic E-state index is 4.20. The van der Waals surface area contributed by atoms with Gasteiger partial charge in [0.15, 0.2) is 0 Å². The first-order valence-corrected chi connectivity index (χ1v) is 4.75. The number of hydrogen-bond donors (Lipinski definition) is 1. The zero-order valence-electron chi connectivity index (χ0n) is 7.59. The molecule has 11 heavy (non-hydrogen) atoms. The van der Waals surface area contributed by atoms with E-state index in [2.05, 4.69) is 24.5 Å². The highest BCUT2D eigenvalue weighted by molar-refractivity contribution is 4.96. The monoisotopic (exact) mass is 155 g/mol. The van der Waals surface area contributed by atoms with Crippen LogP contribution in [-0.2, 0) is 0 Å². The van der Waals surface area contributed by atoms with Crippen LogP contribution < -0.4 is 5.73 Å². The van der Waals surface area contributed by atoms with E-state index < -0.39 is 0 Å². The van der Waals surface area contributed by atoms with Crippen LogP contribution in [-0.4, -0.2) is 30.1 Å². The Balaban J connectivity index is 1.94. The zero-order valence-corrected chi connectivity index (χ0v) is 7.59. The Morgan fingerprint density at radius 2 is 1.82 bits per heavy atom. The minimum absolute atomic E-state index is 0.743. The molecule has 1 saturated carbocycles. The Morgan fingerprint density at radius 3 is 2.18 bits per heavy atom. The Kier molecular flexibility index (Phi) is 1.69. The molecule has 3 N–H and O–H groups in total. The summed E-state index contributed by atoms with van der Waals surface area (Å²) in [7, 11) is 0. The van der Waals surface area contributed by atoms with Crippen LogP contribution in [0.15, 0.2) is 0 Å². The lowest BCUT2D eigenvalue weighted by molar-refractivity contribution is -0.478. The predicted octanol–water partition coefficient (Wildman–Crippen LogP) is -0.0430. The van der Waals surface area contributed by atoms with Crippen molar-refractivity contribution in [3.05, 3.63) is 0 Å². The third-order valence-electron chi connectivity index (χ3n) is 3.48. The largest absolute Gasteiger partial charge is 0.355 e. The van der Waals surface area contributed by atoms with Crippen molar-refractivity contribution in [3.8, 4) is 0 Å². The summed E-state index contributed by atoms with van der Waals surface area (Å²) in [6, 6.07) is 1.53. The smallest absolute Gasteiger partial charge is 0.0925 e. The fourth-order valence-electron chi connectivity index (χ4n) is 2.45. The summed E-state index contributed by atoms with van der Waals surface area (Å²) >= 11 is 0. The molecule has 0 aromatic carbocycles. The van der Waals surface area contributed by atoms with Gasteiger partial charge in [-0.05, 0) is 20.3 Å². The highest BCUT2D eigenvalue weighted by atomic mass is 15.2. The molecule has 3 aliphatic rings. The summed E-state index contributed by atoms with van der Waals surface area (Å²) < 4.78 is 0. The Bertz CT molecular complexity index is 144. The van der Waals surface area contributed by atoms with Crippen molar-refractivity contribution >= 4 is 0 Å². The molecule has 2 heteroatoms. The Hall–Kier alpha value is -0.0800. The van der Waals surface area contributed by atoms with Crippen LogP contribution in [0.2, 0.25) is 0 Å². The van der Waals surface area contributed by atoms with Crippen LogP contribution in [0, 0.1) is 11.8 Å². The van der Waals surface area contributed by atoms with Crippen molar-refractivity contribution in [2.24, 2.45) is 11.8 Å². The number of nitrogens with zero attached hydrogens (tertiary/aromatic N) is 1. The molecule has 0 radical (unpaired) electrons. The lowest BCUT2D eigenvalue weighted by Gasteiger charge is -2.50. The van der Waals surface area contributed by atoms with E-state index in [1.807, 2.05) is 0 Å². The van der Waals surface area contributed by atoms with Gasteiger partial charge in [0.1, 0.15) is 0 Å². The number of fused-ring (bicyclic) bond motifs is 2. The van der Waals surface area contributed by atoms with Gasteiger partial charge in [-0.2, -0.15) is 0 Å². The summed E-state index contributed by atoms with van der Waals surface area (Å²) in [6.45, 7) is 7.20. The lowest BCUT2D eigenvalue weighted by atomic mass is 9.66. The summed E-state index contributed by atoms with van der Waals surface area (Å²) in [4.78, 5) is 2.60. The second-order valence-corrected chi connectivity index (χ2v) is 4.47. The van der Waals surface area contributed by atoms with Crippen molar-refractivity contribution in [1.82, 2.24) is 4.90 Å². The van der Waals surface area contributed by atoms with E-state index in [0.29, 0.717) is 0 Å². The molecule has 3 fully saturated rings. The summed E-state index contributed by atoms with van der Waals surface area (Å²) in [5.74, 6) is 1.85. The molecule has 0 amide bonds. The third-order valence-corrected chi connectivity index (χ3v) is 3.48. The van der Waals surface area contributed by atoms with Crippen LogP contribution in [0.25, 0.3) is 0 Å². The maximum absolute atomic E-state index is 4.20. The van der Waals surface area contributed by atoms with E-state index in [9.17, 15) is 0 Å². The molecule has 2 unspecified atom stereocenters. The molecule has 0 aromatic heterocycles. The van der Waals surface area contributed by atoms with Crippen LogP contribution in [0.1, 0.15) is 20.3 Å². The lowest BCUT2D eigenvalue weighted by Crippen LogP contribution is -2.78. The zero-order chi connectivity index (χ0) is 8.01. The first-order valence-electron chi connectivity index (χ1n) is 4.75. The molecule has 64 valence electrons. The first kappa shape index (κ1) is 7.56. The van der Waals surface area contributed by atoms with Crippen molar-refractivity contribution < 1.29 is 5.73 Å². The average Bonchev–Trinajstić information content (AvgIpc) is 2.03. The van der Waals surface area contributed by atoms with Crippen LogP contribution in [0.5, 0.6) is 0 Å². The number of piperidine rings is 2. The van der Waals surface area contributed by atoms with Crippen molar-refractivity contribution in [2.75, 3.05) is 13.1 Å². The number of rotatable bonds is 1. The van der Waals surface area contributed by atoms with Gasteiger partial charge >= 0.3 is 0 Å². The van der Waals surface area contributed by atoms with E-state index >= 15 is 0 Å². The summed E-state index contributed by atoms with van der Waals surface area (Å²) in [6.07, 6.45) is 1.46. The topological polar surface area (TPSA) is 30.9 Å². The second kappa shape index (κ2) is 2.46. The molecule has 1 aliphatic carbocycles. The molecule has 2 saturated heterocycles. The van der Waals surface area contributed by atoms with Crippen molar-refractivity contribution in [2.45, 2.75) is 32.4 Å². The Morgan fingerprint density at radius 1 is 1.27 bits per heavy atom. The number of quaternary nitrogens is 1. The summed E-state index contributed by atoms with van der Waals surface area (Å²) in [5, 5.41) is 0.